The van der Waals surface area contributed by atoms with Gasteiger partial charge in [-0.2, -0.15) is 10.5 Å². The molecule has 0 unspecified atom stereocenters. The Kier molecular flexibility index (Phi) is 12.9. The van der Waals surface area contributed by atoms with Gasteiger partial charge in [-0.05, 0) is 87.7 Å². The van der Waals surface area contributed by atoms with Gasteiger partial charge in [-0.1, -0.05) is 24.3 Å². The number of carbonyl (C=O) groups excluding carboxylic acids is 3. The van der Waals surface area contributed by atoms with Crippen molar-refractivity contribution >= 4 is 41.0 Å². The number of carboxylic acid groups (broad SMARTS) is 1. The SMILES string of the molecule is CC(C)(C)N(CC(=O)N1CCCN1c1cccc(C#N)c1)C(=O)O.N#Cc1cccc(N2CCCN2C(=O)CNC(=O)NCc2ccc(N)cc2)c1. The van der Waals surface area contributed by atoms with Crippen molar-refractivity contribution < 1.29 is 24.3 Å². The first-order chi connectivity index (χ1) is 24.8. The average Bonchev–Trinajstić information content (AvgIpc) is 3.83. The van der Waals surface area contributed by atoms with E-state index in [1.54, 1.807) is 79.3 Å². The lowest BCUT2D eigenvalue weighted by molar-refractivity contribution is -0.132. The van der Waals surface area contributed by atoms with E-state index in [1.807, 2.05) is 34.3 Å². The number of nitrogens with two attached hydrogens (primary N) is 1. The first kappa shape index (κ1) is 38.3. The number of benzene rings is 3. The van der Waals surface area contributed by atoms with Gasteiger partial charge in [-0.25, -0.2) is 9.59 Å². The van der Waals surface area contributed by atoms with Crippen molar-refractivity contribution in [1.82, 2.24) is 25.6 Å². The van der Waals surface area contributed by atoms with E-state index in [1.165, 1.54) is 0 Å². The summed E-state index contributed by atoms with van der Waals surface area (Å²) in [6, 6.07) is 25.1. The minimum Gasteiger partial charge on any atom is -0.465 e. The lowest BCUT2D eigenvalue weighted by Crippen LogP contribution is -2.52. The van der Waals surface area contributed by atoms with Crippen molar-refractivity contribution in [3.63, 3.8) is 0 Å². The van der Waals surface area contributed by atoms with Gasteiger partial charge >= 0.3 is 12.1 Å². The summed E-state index contributed by atoms with van der Waals surface area (Å²) in [5.41, 5.74) is 9.16. The Morgan fingerprint density at radius 2 is 1.31 bits per heavy atom. The topological polar surface area (TPSA) is 202 Å². The second kappa shape index (κ2) is 17.4. The summed E-state index contributed by atoms with van der Waals surface area (Å²) in [5.74, 6) is -0.477. The third-order valence-corrected chi connectivity index (χ3v) is 8.35. The molecule has 0 spiro atoms. The van der Waals surface area contributed by atoms with E-state index in [0.29, 0.717) is 49.5 Å². The Hall–Kier alpha value is -6.48. The summed E-state index contributed by atoms with van der Waals surface area (Å²) in [5, 5.41) is 39.6. The van der Waals surface area contributed by atoms with E-state index in [-0.39, 0.29) is 24.9 Å². The van der Waals surface area contributed by atoms with Gasteiger partial charge in [0, 0.05) is 44.0 Å². The fraction of sp³-hybridized carbons (Fsp3) is 0.351. The van der Waals surface area contributed by atoms with Gasteiger partial charge < -0.3 is 21.5 Å². The molecule has 15 heteroatoms. The van der Waals surface area contributed by atoms with Crippen molar-refractivity contribution in [2.24, 2.45) is 0 Å². The summed E-state index contributed by atoms with van der Waals surface area (Å²) in [6.45, 7) is 7.75. The molecule has 0 bridgehead atoms. The van der Waals surface area contributed by atoms with Gasteiger partial charge in [-0.15, -0.1) is 0 Å². The number of nitrogens with zero attached hydrogens (tertiary/aromatic N) is 7. The Labute approximate surface area is 303 Å². The summed E-state index contributed by atoms with van der Waals surface area (Å²) in [6.07, 6.45) is 0.504. The second-order valence-corrected chi connectivity index (χ2v) is 13.1. The minimum absolute atomic E-state index is 0.109. The molecule has 0 radical (unpaired) electrons. The minimum atomic E-state index is -1.12. The van der Waals surface area contributed by atoms with E-state index in [4.69, 9.17) is 16.3 Å². The van der Waals surface area contributed by atoms with Crippen LogP contribution in [0.2, 0.25) is 0 Å². The number of anilines is 3. The van der Waals surface area contributed by atoms with Gasteiger partial charge in [0.25, 0.3) is 11.8 Å². The van der Waals surface area contributed by atoms with Gasteiger partial charge in [0.2, 0.25) is 0 Å². The highest BCUT2D eigenvalue weighted by atomic mass is 16.4. The molecule has 3 aromatic rings. The van der Waals surface area contributed by atoms with Crippen molar-refractivity contribution in [3.8, 4) is 12.1 Å². The average molecular weight is 709 g/mol. The fourth-order valence-electron chi connectivity index (χ4n) is 5.69. The molecule has 5 amide bonds. The lowest BCUT2D eigenvalue weighted by Gasteiger charge is -2.36. The first-order valence-electron chi connectivity index (χ1n) is 16.8. The molecule has 0 saturated carbocycles. The molecule has 0 atom stereocenters. The van der Waals surface area contributed by atoms with Crippen LogP contribution < -0.4 is 26.4 Å². The number of amides is 5. The fourth-order valence-corrected chi connectivity index (χ4v) is 5.69. The van der Waals surface area contributed by atoms with Crippen LogP contribution in [0.4, 0.5) is 26.7 Å². The maximum Gasteiger partial charge on any atom is 0.408 e. The normalized spacial score (nSPS) is 13.7. The number of urea groups is 1. The predicted octanol–water partition coefficient (Wildman–Crippen LogP) is 3.88. The maximum absolute atomic E-state index is 12.7. The molecule has 2 aliphatic rings. The van der Waals surface area contributed by atoms with Gasteiger partial charge in [-0.3, -0.25) is 34.5 Å². The highest BCUT2D eigenvalue weighted by Gasteiger charge is 2.33. The number of hydrogen-bond donors (Lipinski definition) is 4. The molecular formula is C37H44N10O5. The summed E-state index contributed by atoms with van der Waals surface area (Å²) < 4.78 is 0. The van der Waals surface area contributed by atoms with Crippen LogP contribution in [0, 0.1) is 22.7 Å². The molecule has 15 nitrogen and oxygen atoms in total. The molecule has 52 heavy (non-hydrogen) atoms. The van der Waals surface area contributed by atoms with Gasteiger partial charge in [0.15, 0.2) is 0 Å². The van der Waals surface area contributed by atoms with Crippen LogP contribution in [-0.4, -0.2) is 88.8 Å². The largest absolute Gasteiger partial charge is 0.465 e. The molecule has 0 aliphatic carbocycles. The zero-order chi connectivity index (χ0) is 37.8. The van der Waals surface area contributed by atoms with Crippen molar-refractivity contribution in [2.75, 3.05) is 55.0 Å². The number of nitrogen functional groups attached to an aromatic ring is 1. The number of hydrogen-bond acceptors (Lipinski definition) is 9. The number of nitriles is 2. The zero-order valence-electron chi connectivity index (χ0n) is 29.6. The van der Waals surface area contributed by atoms with Crippen LogP contribution in [-0.2, 0) is 16.1 Å². The van der Waals surface area contributed by atoms with E-state index >= 15 is 0 Å². The zero-order valence-corrected chi connectivity index (χ0v) is 29.6. The van der Waals surface area contributed by atoms with Crippen molar-refractivity contribution in [3.05, 3.63) is 89.5 Å². The van der Waals surface area contributed by atoms with Crippen LogP contribution in [0.25, 0.3) is 0 Å². The summed E-state index contributed by atoms with van der Waals surface area (Å²) >= 11 is 0. The highest BCUT2D eigenvalue weighted by Crippen LogP contribution is 2.25. The standard InChI is InChI=1S/C20H22N6O2.C17H22N4O3/c21-12-16-3-1-4-18(11-16)25-9-2-10-26(25)19(27)14-24-20(28)23-13-15-5-7-17(22)8-6-15;1-17(2,3)19(16(23)24)12-15(22)21-9-5-8-20(21)14-7-4-6-13(10-14)11-18/h1,3-8,11H,2,9-10,13-14,22H2,(H2,23,24,28);4,6-7,10H,5,8-9,12H2,1-3H3,(H,23,24). The summed E-state index contributed by atoms with van der Waals surface area (Å²) in [4.78, 5) is 49.8. The molecule has 3 aromatic carbocycles. The molecule has 272 valence electrons. The lowest BCUT2D eigenvalue weighted by atomic mass is 10.1. The molecule has 2 saturated heterocycles. The summed E-state index contributed by atoms with van der Waals surface area (Å²) in [7, 11) is 0. The van der Waals surface area contributed by atoms with Gasteiger partial charge in [0.05, 0.1) is 34.6 Å². The van der Waals surface area contributed by atoms with Crippen LogP contribution in [0.15, 0.2) is 72.8 Å². The molecule has 2 aliphatic heterocycles. The molecule has 2 heterocycles. The quantitative estimate of drug-likeness (QED) is 0.249. The highest BCUT2D eigenvalue weighted by molar-refractivity contribution is 5.85. The van der Waals surface area contributed by atoms with Crippen LogP contribution in [0.1, 0.15) is 50.3 Å². The number of rotatable bonds is 8. The number of hydrazine groups is 2. The maximum atomic E-state index is 12.7. The van der Waals surface area contributed by atoms with E-state index in [0.717, 1.165) is 34.7 Å². The first-order valence-corrected chi connectivity index (χ1v) is 16.8. The molecule has 5 N–H and O–H groups in total. The monoisotopic (exact) mass is 708 g/mol. The molecule has 0 aromatic heterocycles. The Bertz CT molecular complexity index is 1830. The molecule has 2 fully saturated rings. The Morgan fingerprint density at radius 3 is 1.79 bits per heavy atom. The van der Waals surface area contributed by atoms with Crippen molar-refractivity contribution in [2.45, 2.75) is 45.7 Å². The smallest absolute Gasteiger partial charge is 0.408 e. The molecule has 5 rings (SSSR count). The predicted molar refractivity (Wildman–Crippen MR) is 195 cm³/mol. The van der Waals surface area contributed by atoms with Gasteiger partial charge in [0.1, 0.15) is 13.1 Å². The Balaban J connectivity index is 0.000000236. The van der Waals surface area contributed by atoms with Crippen LogP contribution in [0.5, 0.6) is 0 Å². The number of carbonyl (C=O) groups is 4. The Morgan fingerprint density at radius 1 is 0.788 bits per heavy atom. The van der Waals surface area contributed by atoms with E-state index in [9.17, 15) is 24.3 Å². The third-order valence-electron chi connectivity index (χ3n) is 8.35. The van der Waals surface area contributed by atoms with Crippen LogP contribution >= 0.6 is 0 Å². The van der Waals surface area contributed by atoms with E-state index < -0.39 is 17.7 Å². The second-order valence-electron chi connectivity index (χ2n) is 13.1. The van der Waals surface area contributed by atoms with Crippen molar-refractivity contribution in [1.29, 1.82) is 10.5 Å². The number of nitrogens with one attached hydrogen (secondary N) is 2. The van der Waals surface area contributed by atoms with E-state index in [2.05, 4.69) is 22.8 Å². The molecular weight excluding hydrogens is 664 g/mol. The van der Waals surface area contributed by atoms with Crippen LogP contribution in [0.3, 0.4) is 0 Å². The third kappa shape index (κ3) is 10.3.